The van der Waals surface area contributed by atoms with Crippen LogP contribution in [0.2, 0.25) is 0 Å². The molecule has 4 nitrogen and oxygen atoms in total. The lowest BCUT2D eigenvalue weighted by atomic mass is 9.92. The van der Waals surface area contributed by atoms with E-state index in [0.29, 0.717) is 6.04 Å². The van der Waals surface area contributed by atoms with Gasteiger partial charge >= 0.3 is 0 Å². The second-order valence-corrected chi connectivity index (χ2v) is 6.45. The molecule has 4 heteroatoms. The number of aromatic nitrogens is 2. The Kier molecular flexibility index (Phi) is 4.40. The van der Waals surface area contributed by atoms with Gasteiger partial charge in [0, 0.05) is 18.0 Å². The van der Waals surface area contributed by atoms with Crippen LogP contribution in [0.5, 0.6) is 0 Å². The summed E-state index contributed by atoms with van der Waals surface area (Å²) < 4.78 is 0. The normalized spacial score (nSPS) is 20.6. The minimum Gasteiger partial charge on any atom is -0.352 e. The quantitative estimate of drug-likeness (QED) is 0.909. The van der Waals surface area contributed by atoms with Crippen LogP contribution in [0.15, 0.2) is 12.1 Å². The highest BCUT2D eigenvalue weighted by atomic mass is 15.3. The molecule has 2 heterocycles. The zero-order valence-electron chi connectivity index (χ0n) is 12.4. The molecule has 2 rings (SSSR count). The van der Waals surface area contributed by atoms with Crippen molar-refractivity contribution in [3.8, 4) is 0 Å². The summed E-state index contributed by atoms with van der Waals surface area (Å²) in [6, 6.07) is 4.76. The molecular formula is C15H26N4. The Hall–Kier alpha value is -1.16. The van der Waals surface area contributed by atoms with E-state index < -0.39 is 0 Å². The van der Waals surface area contributed by atoms with E-state index in [1.165, 1.54) is 19.3 Å². The first-order valence-corrected chi connectivity index (χ1v) is 7.33. The van der Waals surface area contributed by atoms with Crippen LogP contribution in [0.3, 0.4) is 0 Å². The third kappa shape index (κ3) is 3.44. The minimum atomic E-state index is 0.0596. The molecule has 1 aromatic heterocycles. The summed E-state index contributed by atoms with van der Waals surface area (Å²) in [6.07, 6.45) is 4.81. The third-order valence-corrected chi connectivity index (χ3v) is 3.84. The molecule has 1 fully saturated rings. The highest BCUT2D eigenvalue weighted by Gasteiger charge is 2.24. The second-order valence-electron chi connectivity index (χ2n) is 6.45. The van der Waals surface area contributed by atoms with Gasteiger partial charge in [-0.2, -0.15) is 5.10 Å². The van der Waals surface area contributed by atoms with E-state index in [0.717, 1.165) is 31.0 Å². The molecule has 2 N–H and O–H groups in total. The fourth-order valence-electron chi connectivity index (χ4n) is 2.67. The van der Waals surface area contributed by atoms with Crippen molar-refractivity contribution in [3.05, 3.63) is 17.8 Å². The van der Waals surface area contributed by atoms with Gasteiger partial charge in [-0.15, -0.1) is 5.10 Å². The zero-order chi connectivity index (χ0) is 13.9. The van der Waals surface area contributed by atoms with Crippen molar-refractivity contribution in [2.24, 2.45) is 5.73 Å². The van der Waals surface area contributed by atoms with E-state index in [9.17, 15) is 0 Å². The highest BCUT2D eigenvalue weighted by Crippen LogP contribution is 2.26. The van der Waals surface area contributed by atoms with E-state index in [1.807, 2.05) is 0 Å². The molecule has 0 saturated carbocycles. The van der Waals surface area contributed by atoms with Gasteiger partial charge < -0.3 is 10.6 Å². The van der Waals surface area contributed by atoms with Crippen LogP contribution < -0.4 is 10.6 Å². The minimum absolute atomic E-state index is 0.0596. The van der Waals surface area contributed by atoms with Crippen LogP contribution in [-0.2, 0) is 5.41 Å². The molecule has 106 valence electrons. The maximum Gasteiger partial charge on any atom is 0.151 e. The van der Waals surface area contributed by atoms with Crippen LogP contribution in [0, 0.1) is 0 Å². The maximum absolute atomic E-state index is 5.72. The standard InChI is InChI=1S/C15H26N4/c1-15(2,3)13-7-8-14(18-17-13)19-11-5-4-6-12(19)9-10-16/h7-8,12H,4-6,9-11,16H2,1-3H3. The largest absolute Gasteiger partial charge is 0.352 e. The van der Waals surface area contributed by atoms with E-state index in [2.05, 4.69) is 48.0 Å². The first-order chi connectivity index (χ1) is 9.02. The van der Waals surface area contributed by atoms with Crippen LogP contribution in [0.4, 0.5) is 5.82 Å². The van der Waals surface area contributed by atoms with Crippen LogP contribution in [0.25, 0.3) is 0 Å². The van der Waals surface area contributed by atoms with Crippen molar-refractivity contribution in [2.45, 2.75) is 57.9 Å². The van der Waals surface area contributed by atoms with Crippen molar-refractivity contribution >= 4 is 5.82 Å². The molecule has 0 radical (unpaired) electrons. The average molecular weight is 262 g/mol. The summed E-state index contributed by atoms with van der Waals surface area (Å²) in [5, 5.41) is 8.83. The number of nitrogens with zero attached hydrogens (tertiary/aromatic N) is 3. The molecule has 0 bridgehead atoms. The fraction of sp³-hybridized carbons (Fsp3) is 0.733. The van der Waals surface area contributed by atoms with Gasteiger partial charge in [0.2, 0.25) is 0 Å². The molecule has 1 unspecified atom stereocenters. The van der Waals surface area contributed by atoms with Crippen LogP contribution >= 0.6 is 0 Å². The molecular weight excluding hydrogens is 236 g/mol. The molecule has 1 aliphatic heterocycles. The van der Waals surface area contributed by atoms with E-state index in [1.54, 1.807) is 0 Å². The number of hydrogen-bond acceptors (Lipinski definition) is 4. The van der Waals surface area contributed by atoms with Gasteiger partial charge in [-0.1, -0.05) is 20.8 Å². The molecule has 19 heavy (non-hydrogen) atoms. The lowest BCUT2D eigenvalue weighted by Gasteiger charge is -2.36. The Morgan fingerprint density at radius 1 is 1.26 bits per heavy atom. The molecule has 1 aliphatic rings. The van der Waals surface area contributed by atoms with Gasteiger partial charge in [0.25, 0.3) is 0 Å². The first-order valence-electron chi connectivity index (χ1n) is 7.33. The zero-order valence-corrected chi connectivity index (χ0v) is 12.4. The molecule has 0 aromatic carbocycles. The monoisotopic (exact) mass is 262 g/mol. The lowest BCUT2D eigenvalue weighted by molar-refractivity contribution is 0.436. The summed E-state index contributed by atoms with van der Waals surface area (Å²) in [6.45, 7) is 8.31. The Balaban J connectivity index is 2.15. The van der Waals surface area contributed by atoms with Gasteiger partial charge in [0.15, 0.2) is 5.82 Å². The fourth-order valence-corrected chi connectivity index (χ4v) is 2.67. The predicted molar refractivity (Wildman–Crippen MR) is 79.4 cm³/mol. The molecule has 0 aliphatic carbocycles. The van der Waals surface area contributed by atoms with Crippen molar-refractivity contribution < 1.29 is 0 Å². The van der Waals surface area contributed by atoms with E-state index >= 15 is 0 Å². The maximum atomic E-state index is 5.72. The summed E-state index contributed by atoms with van der Waals surface area (Å²) in [5.41, 5.74) is 6.82. The Bertz CT molecular complexity index is 392. The topological polar surface area (TPSA) is 55.0 Å². The highest BCUT2D eigenvalue weighted by molar-refractivity contribution is 5.40. The number of anilines is 1. The average Bonchev–Trinajstić information content (AvgIpc) is 2.39. The second kappa shape index (κ2) is 5.87. The molecule has 0 spiro atoms. The summed E-state index contributed by atoms with van der Waals surface area (Å²) in [4.78, 5) is 2.38. The van der Waals surface area contributed by atoms with E-state index in [4.69, 9.17) is 5.73 Å². The van der Waals surface area contributed by atoms with Crippen molar-refractivity contribution in [1.29, 1.82) is 0 Å². The van der Waals surface area contributed by atoms with Gasteiger partial charge in [-0.3, -0.25) is 0 Å². The Labute approximate surface area is 116 Å². The predicted octanol–water partition coefficient (Wildman–Crippen LogP) is 2.48. The van der Waals surface area contributed by atoms with Crippen LogP contribution in [-0.4, -0.2) is 29.3 Å². The summed E-state index contributed by atoms with van der Waals surface area (Å²) in [5.74, 6) is 1.01. The summed E-state index contributed by atoms with van der Waals surface area (Å²) in [7, 11) is 0. The van der Waals surface area contributed by atoms with Gasteiger partial charge in [0.1, 0.15) is 0 Å². The molecule has 1 atom stereocenters. The molecule has 1 aromatic rings. The Morgan fingerprint density at radius 3 is 2.63 bits per heavy atom. The van der Waals surface area contributed by atoms with Crippen molar-refractivity contribution in [3.63, 3.8) is 0 Å². The van der Waals surface area contributed by atoms with Gasteiger partial charge in [-0.25, -0.2) is 0 Å². The first kappa shape index (κ1) is 14.3. The van der Waals surface area contributed by atoms with Crippen molar-refractivity contribution in [1.82, 2.24) is 10.2 Å². The summed E-state index contributed by atoms with van der Waals surface area (Å²) >= 11 is 0. The van der Waals surface area contributed by atoms with Crippen molar-refractivity contribution in [2.75, 3.05) is 18.0 Å². The molecule has 0 amide bonds. The number of piperidine rings is 1. The van der Waals surface area contributed by atoms with Gasteiger partial charge in [-0.05, 0) is 44.4 Å². The van der Waals surface area contributed by atoms with Crippen LogP contribution in [0.1, 0.15) is 52.1 Å². The number of rotatable bonds is 3. The Morgan fingerprint density at radius 2 is 2.05 bits per heavy atom. The molecule has 1 saturated heterocycles. The smallest absolute Gasteiger partial charge is 0.151 e. The SMILES string of the molecule is CC(C)(C)c1ccc(N2CCCCC2CCN)nn1. The number of nitrogens with two attached hydrogens (primary N) is 1. The third-order valence-electron chi connectivity index (χ3n) is 3.84. The van der Waals surface area contributed by atoms with E-state index in [-0.39, 0.29) is 5.41 Å². The lowest BCUT2D eigenvalue weighted by Crippen LogP contribution is -2.41. The number of hydrogen-bond donors (Lipinski definition) is 1. The van der Waals surface area contributed by atoms with Gasteiger partial charge in [0.05, 0.1) is 5.69 Å².